The minimum Gasteiger partial charge on any atom is -0.480 e. The molecule has 8 nitrogen and oxygen atoms in total. The Hall–Kier alpha value is -2.22. The predicted octanol–water partition coefficient (Wildman–Crippen LogP) is -2.19. The number of aliphatic carboxylic acids is 1. The Morgan fingerprint density at radius 2 is 2.24 bits per heavy atom. The van der Waals surface area contributed by atoms with Gasteiger partial charge in [-0.3, -0.25) is 9.36 Å². The van der Waals surface area contributed by atoms with Gasteiger partial charge in [-0.05, 0) is 6.07 Å². The highest BCUT2D eigenvalue weighted by molar-refractivity contribution is 5.83. The van der Waals surface area contributed by atoms with Crippen molar-refractivity contribution in [3.05, 3.63) is 28.9 Å². The van der Waals surface area contributed by atoms with Crippen molar-refractivity contribution in [1.82, 2.24) is 14.9 Å². The zero-order valence-electron chi connectivity index (χ0n) is 8.74. The summed E-state index contributed by atoms with van der Waals surface area (Å²) in [6.45, 7) is -1.07. The molecule has 0 aliphatic rings. The fraction of sp³-hybridized carbons (Fsp3) is 0.333. The normalized spacial score (nSPS) is 11.8. The highest BCUT2D eigenvalue weighted by Gasteiger charge is 2.18. The first-order valence-electron chi connectivity index (χ1n) is 4.69. The SMILES string of the molecule is O=C(Cn1cccnc1=O)N[C@@H](CO)C(=O)O. The number of carboxylic acids is 1. The van der Waals surface area contributed by atoms with Gasteiger partial charge in [-0.2, -0.15) is 0 Å². The molecule has 0 aliphatic carbocycles. The van der Waals surface area contributed by atoms with Gasteiger partial charge in [0.05, 0.1) is 6.61 Å². The van der Waals surface area contributed by atoms with E-state index in [2.05, 4.69) is 10.3 Å². The molecule has 3 N–H and O–H groups in total. The molecule has 17 heavy (non-hydrogen) atoms. The van der Waals surface area contributed by atoms with E-state index in [1.807, 2.05) is 0 Å². The summed E-state index contributed by atoms with van der Waals surface area (Å²) in [6, 6.07) is 0.0879. The molecular formula is C9H11N3O5. The molecule has 0 bridgehead atoms. The number of nitrogens with one attached hydrogen (secondary N) is 1. The van der Waals surface area contributed by atoms with Gasteiger partial charge in [0, 0.05) is 12.4 Å². The average molecular weight is 241 g/mol. The van der Waals surface area contributed by atoms with Crippen LogP contribution in [0, 0.1) is 0 Å². The van der Waals surface area contributed by atoms with Gasteiger partial charge in [0.2, 0.25) is 5.91 Å². The van der Waals surface area contributed by atoms with Crippen LogP contribution >= 0.6 is 0 Å². The number of nitrogens with zero attached hydrogens (tertiary/aromatic N) is 2. The van der Waals surface area contributed by atoms with Crippen LogP contribution in [0.5, 0.6) is 0 Å². The van der Waals surface area contributed by atoms with E-state index in [0.717, 1.165) is 4.57 Å². The molecule has 1 atom stereocenters. The Balaban J connectivity index is 2.65. The van der Waals surface area contributed by atoms with Crippen LogP contribution in [0.3, 0.4) is 0 Å². The first-order valence-corrected chi connectivity index (χ1v) is 4.69. The molecule has 0 aromatic carbocycles. The van der Waals surface area contributed by atoms with Gasteiger partial charge in [-0.1, -0.05) is 0 Å². The molecular weight excluding hydrogens is 230 g/mol. The van der Waals surface area contributed by atoms with E-state index in [0.29, 0.717) is 0 Å². The van der Waals surface area contributed by atoms with E-state index >= 15 is 0 Å². The molecule has 1 aromatic rings. The topological polar surface area (TPSA) is 122 Å². The van der Waals surface area contributed by atoms with E-state index < -0.39 is 30.2 Å². The predicted molar refractivity (Wildman–Crippen MR) is 55.1 cm³/mol. The van der Waals surface area contributed by atoms with Crippen molar-refractivity contribution in [2.75, 3.05) is 6.61 Å². The second kappa shape index (κ2) is 5.75. The molecule has 92 valence electrons. The third-order valence-electron chi connectivity index (χ3n) is 1.91. The maximum atomic E-state index is 11.4. The van der Waals surface area contributed by atoms with Crippen LogP contribution < -0.4 is 11.0 Å². The first kappa shape index (κ1) is 12.8. The third-order valence-corrected chi connectivity index (χ3v) is 1.91. The Labute approximate surface area is 95.5 Å². The Bertz CT molecular complexity index is 470. The highest BCUT2D eigenvalue weighted by atomic mass is 16.4. The number of aliphatic hydroxyl groups excluding tert-OH is 1. The number of amides is 1. The minimum atomic E-state index is -1.38. The Morgan fingerprint density at radius 3 is 2.76 bits per heavy atom. The second-order valence-electron chi connectivity index (χ2n) is 3.17. The van der Waals surface area contributed by atoms with Crippen molar-refractivity contribution in [3.8, 4) is 0 Å². The number of aliphatic hydroxyl groups is 1. The second-order valence-corrected chi connectivity index (χ2v) is 3.17. The van der Waals surface area contributed by atoms with E-state index in [9.17, 15) is 14.4 Å². The van der Waals surface area contributed by atoms with Gasteiger partial charge in [-0.15, -0.1) is 0 Å². The van der Waals surface area contributed by atoms with E-state index in [1.165, 1.54) is 18.5 Å². The van der Waals surface area contributed by atoms with Gasteiger partial charge in [0.15, 0.2) is 0 Å². The summed E-state index contributed by atoms with van der Waals surface area (Å²) < 4.78 is 1.02. The molecule has 1 aromatic heterocycles. The summed E-state index contributed by atoms with van der Waals surface area (Å²) in [6.07, 6.45) is 2.63. The molecule has 1 amide bonds. The molecule has 0 saturated carbocycles. The molecule has 0 spiro atoms. The summed E-state index contributed by atoms with van der Waals surface area (Å²) in [7, 11) is 0. The Morgan fingerprint density at radius 1 is 1.53 bits per heavy atom. The van der Waals surface area contributed by atoms with Crippen molar-refractivity contribution in [1.29, 1.82) is 0 Å². The lowest BCUT2D eigenvalue weighted by atomic mass is 10.3. The van der Waals surface area contributed by atoms with Crippen LogP contribution in [0.2, 0.25) is 0 Å². The number of hydrogen-bond donors (Lipinski definition) is 3. The van der Waals surface area contributed by atoms with Crippen molar-refractivity contribution in [3.63, 3.8) is 0 Å². The number of carbonyl (C=O) groups is 2. The van der Waals surface area contributed by atoms with Crippen LogP contribution in [-0.2, 0) is 16.1 Å². The standard InChI is InChI=1S/C9H11N3O5/c13-5-6(8(15)16)11-7(14)4-12-3-1-2-10-9(12)17/h1-3,6,13H,4-5H2,(H,11,14)(H,15,16)/t6-/m0/s1. The van der Waals surface area contributed by atoms with Crippen LogP contribution in [0.1, 0.15) is 0 Å². The minimum absolute atomic E-state index is 0.351. The van der Waals surface area contributed by atoms with Crippen LogP contribution in [0.15, 0.2) is 23.3 Å². The van der Waals surface area contributed by atoms with E-state index in [4.69, 9.17) is 10.2 Å². The molecule has 0 saturated heterocycles. The van der Waals surface area contributed by atoms with E-state index in [1.54, 1.807) is 0 Å². The van der Waals surface area contributed by atoms with Crippen molar-refractivity contribution < 1.29 is 19.8 Å². The summed E-state index contributed by atoms with van der Waals surface area (Å²) in [5.41, 5.74) is -0.612. The average Bonchev–Trinajstić information content (AvgIpc) is 2.28. The lowest BCUT2D eigenvalue weighted by molar-refractivity contribution is -0.143. The summed E-state index contributed by atoms with van der Waals surface area (Å²) >= 11 is 0. The maximum Gasteiger partial charge on any atom is 0.347 e. The molecule has 0 fully saturated rings. The number of carboxylic acid groups (broad SMARTS) is 1. The van der Waals surface area contributed by atoms with Gasteiger partial charge < -0.3 is 15.5 Å². The number of aromatic nitrogens is 2. The quantitative estimate of drug-likeness (QED) is 0.538. The zero-order valence-corrected chi connectivity index (χ0v) is 8.74. The van der Waals surface area contributed by atoms with E-state index in [-0.39, 0.29) is 6.54 Å². The van der Waals surface area contributed by atoms with Gasteiger partial charge in [0.25, 0.3) is 0 Å². The highest BCUT2D eigenvalue weighted by Crippen LogP contribution is 1.85. The molecule has 0 radical (unpaired) electrons. The van der Waals surface area contributed by atoms with Gasteiger partial charge >= 0.3 is 11.7 Å². The number of carbonyl (C=O) groups excluding carboxylic acids is 1. The monoisotopic (exact) mass is 241 g/mol. The van der Waals surface area contributed by atoms with Gasteiger partial charge in [0.1, 0.15) is 12.6 Å². The van der Waals surface area contributed by atoms with Crippen LogP contribution in [0.25, 0.3) is 0 Å². The number of hydrogen-bond acceptors (Lipinski definition) is 5. The Kier molecular flexibility index (Phi) is 4.35. The zero-order chi connectivity index (χ0) is 12.8. The molecule has 1 heterocycles. The molecule has 0 aliphatic heterocycles. The maximum absolute atomic E-state index is 11.4. The fourth-order valence-electron chi connectivity index (χ4n) is 1.09. The van der Waals surface area contributed by atoms with Crippen LogP contribution in [-0.4, -0.2) is 44.3 Å². The summed E-state index contributed by atoms with van der Waals surface area (Å²) in [4.78, 5) is 36.5. The summed E-state index contributed by atoms with van der Waals surface area (Å²) in [5.74, 6) is -2.04. The van der Waals surface area contributed by atoms with Crippen molar-refractivity contribution in [2.24, 2.45) is 0 Å². The lowest BCUT2D eigenvalue weighted by Gasteiger charge is -2.11. The van der Waals surface area contributed by atoms with Crippen molar-refractivity contribution >= 4 is 11.9 Å². The lowest BCUT2D eigenvalue weighted by Crippen LogP contribution is -2.45. The third kappa shape index (κ3) is 3.68. The van der Waals surface area contributed by atoms with Crippen LogP contribution in [0.4, 0.5) is 0 Å². The molecule has 0 unspecified atom stereocenters. The first-order chi connectivity index (χ1) is 8.04. The summed E-state index contributed by atoms with van der Waals surface area (Å²) in [5, 5.41) is 19.3. The molecule has 8 heteroatoms. The smallest absolute Gasteiger partial charge is 0.347 e. The fourth-order valence-corrected chi connectivity index (χ4v) is 1.09. The van der Waals surface area contributed by atoms with Gasteiger partial charge in [-0.25, -0.2) is 14.6 Å². The largest absolute Gasteiger partial charge is 0.480 e. The van der Waals surface area contributed by atoms with Crippen molar-refractivity contribution in [2.45, 2.75) is 12.6 Å². The molecule has 1 rings (SSSR count). The number of rotatable bonds is 5.